The molecule has 1 aromatic carbocycles. The summed E-state index contributed by atoms with van der Waals surface area (Å²) in [6.45, 7) is 7.50. The van der Waals surface area contributed by atoms with Gasteiger partial charge in [0.25, 0.3) is 0 Å². The van der Waals surface area contributed by atoms with Crippen molar-refractivity contribution in [3.8, 4) is 11.5 Å². The van der Waals surface area contributed by atoms with Crippen LogP contribution in [0, 0.1) is 16.7 Å². The Morgan fingerprint density at radius 3 is 2.48 bits per heavy atom. The third-order valence-electron chi connectivity index (χ3n) is 7.00. The molecule has 3 unspecified atom stereocenters. The molecule has 0 saturated heterocycles. The lowest BCUT2D eigenvalue weighted by atomic mass is 9.69. The molecule has 2 aliphatic rings. The van der Waals surface area contributed by atoms with Crippen LogP contribution in [-0.4, -0.2) is 26.3 Å². The van der Waals surface area contributed by atoms with Gasteiger partial charge >= 0.3 is 6.03 Å². The molecular weight excluding hydrogens is 316 g/mol. The highest BCUT2D eigenvalue weighted by atomic mass is 16.5. The molecule has 0 aliphatic heterocycles. The number of ether oxygens (including phenoxy) is 2. The molecule has 2 amide bonds. The largest absolute Gasteiger partial charge is 0.493 e. The topological polar surface area (TPSA) is 59.6 Å². The first-order valence-electron chi connectivity index (χ1n) is 9.07. The quantitative estimate of drug-likeness (QED) is 0.854. The van der Waals surface area contributed by atoms with Gasteiger partial charge in [-0.3, -0.25) is 0 Å². The minimum absolute atomic E-state index is 0.0932. The van der Waals surface area contributed by atoms with Crippen molar-refractivity contribution in [1.82, 2.24) is 10.6 Å². The molecule has 2 aliphatic carbocycles. The van der Waals surface area contributed by atoms with Crippen LogP contribution in [0.1, 0.15) is 45.6 Å². The van der Waals surface area contributed by atoms with Gasteiger partial charge in [-0.2, -0.15) is 0 Å². The number of fused-ring (bicyclic) bond motifs is 2. The Hall–Kier alpha value is -1.91. The van der Waals surface area contributed by atoms with E-state index >= 15 is 0 Å². The third-order valence-corrected chi connectivity index (χ3v) is 7.00. The van der Waals surface area contributed by atoms with E-state index in [1.165, 1.54) is 12.8 Å². The van der Waals surface area contributed by atoms with E-state index < -0.39 is 0 Å². The number of rotatable bonds is 5. The molecule has 25 heavy (non-hydrogen) atoms. The van der Waals surface area contributed by atoms with Gasteiger partial charge in [-0.15, -0.1) is 0 Å². The van der Waals surface area contributed by atoms with Crippen LogP contribution >= 0.6 is 0 Å². The van der Waals surface area contributed by atoms with E-state index in [9.17, 15) is 4.79 Å². The summed E-state index contributed by atoms with van der Waals surface area (Å²) < 4.78 is 10.5. The van der Waals surface area contributed by atoms with Crippen molar-refractivity contribution >= 4 is 6.03 Å². The Bertz CT molecular complexity index is 658. The first kappa shape index (κ1) is 17.9. The van der Waals surface area contributed by atoms with Crippen molar-refractivity contribution < 1.29 is 14.3 Å². The van der Waals surface area contributed by atoms with E-state index in [0.717, 1.165) is 12.0 Å². The van der Waals surface area contributed by atoms with Crippen LogP contribution in [-0.2, 0) is 6.54 Å². The van der Waals surface area contributed by atoms with Crippen LogP contribution < -0.4 is 20.1 Å². The Morgan fingerprint density at radius 1 is 1.20 bits per heavy atom. The molecule has 2 N–H and O–H groups in total. The summed E-state index contributed by atoms with van der Waals surface area (Å²) in [6.07, 6.45) is 3.58. The minimum atomic E-state index is -0.0932. The van der Waals surface area contributed by atoms with E-state index in [1.807, 2.05) is 18.2 Å². The molecule has 5 nitrogen and oxygen atoms in total. The molecule has 0 spiro atoms. The van der Waals surface area contributed by atoms with Crippen LogP contribution in [0.25, 0.3) is 0 Å². The smallest absolute Gasteiger partial charge is 0.315 e. The van der Waals surface area contributed by atoms with Gasteiger partial charge in [-0.05, 0) is 53.7 Å². The second-order valence-corrected chi connectivity index (χ2v) is 8.18. The Labute approximate surface area is 150 Å². The zero-order valence-corrected chi connectivity index (χ0v) is 15.9. The molecule has 3 rings (SSSR count). The standard InChI is InChI=1S/C20H30N2O3/c1-19(2)14-8-9-20(19,3)17(11-14)22-18(23)21-12-13-6-7-15(24-4)16(10-13)25-5/h6-7,10,14,17H,8-9,11-12H2,1-5H3,(H2,21,22,23). The number of hydrogen-bond donors (Lipinski definition) is 2. The van der Waals surface area contributed by atoms with E-state index in [1.54, 1.807) is 14.2 Å². The molecule has 0 radical (unpaired) electrons. The van der Waals surface area contributed by atoms with E-state index in [2.05, 4.69) is 31.4 Å². The van der Waals surface area contributed by atoms with Gasteiger partial charge in [-0.25, -0.2) is 4.79 Å². The van der Waals surface area contributed by atoms with Gasteiger partial charge in [0.05, 0.1) is 14.2 Å². The summed E-state index contributed by atoms with van der Waals surface area (Å²) in [6, 6.07) is 5.84. The van der Waals surface area contributed by atoms with Gasteiger partial charge in [0.2, 0.25) is 0 Å². The van der Waals surface area contributed by atoms with E-state index in [4.69, 9.17) is 9.47 Å². The van der Waals surface area contributed by atoms with Crippen molar-refractivity contribution in [2.45, 2.75) is 52.6 Å². The molecule has 2 fully saturated rings. The first-order chi connectivity index (χ1) is 11.8. The van der Waals surface area contributed by atoms with Gasteiger partial charge in [0.15, 0.2) is 11.5 Å². The fourth-order valence-corrected chi connectivity index (χ4v) is 4.80. The van der Waals surface area contributed by atoms with Gasteiger partial charge in [0.1, 0.15) is 0 Å². The molecule has 1 aromatic rings. The SMILES string of the molecule is COc1ccc(CNC(=O)NC2CC3CCC2(C)C3(C)C)cc1OC. The number of benzene rings is 1. The molecule has 2 bridgehead atoms. The van der Waals surface area contributed by atoms with Crippen molar-refractivity contribution in [2.75, 3.05) is 14.2 Å². The fourth-order valence-electron chi connectivity index (χ4n) is 4.80. The van der Waals surface area contributed by atoms with Gasteiger partial charge < -0.3 is 20.1 Å². The highest BCUT2D eigenvalue weighted by Crippen LogP contribution is 2.65. The molecule has 5 heteroatoms. The number of urea groups is 1. The van der Waals surface area contributed by atoms with Crippen LogP contribution in [0.5, 0.6) is 11.5 Å². The predicted molar refractivity (Wildman–Crippen MR) is 97.9 cm³/mol. The molecular formula is C20H30N2O3. The van der Waals surface area contributed by atoms with Crippen LogP contribution in [0.15, 0.2) is 18.2 Å². The zero-order chi connectivity index (χ0) is 18.2. The van der Waals surface area contributed by atoms with Crippen LogP contribution in [0.4, 0.5) is 4.79 Å². The van der Waals surface area contributed by atoms with Gasteiger partial charge in [-0.1, -0.05) is 26.8 Å². The summed E-state index contributed by atoms with van der Waals surface area (Å²) in [5.41, 5.74) is 1.47. The summed E-state index contributed by atoms with van der Waals surface area (Å²) in [4.78, 5) is 12.4. The third kappa shape index (κ3) is 2.94. The fraction of sp³-hybridized carbons (Fsp3) is 0.650. The zero-order valence-electron chi connectivity index (χ0n) is 15.9. The molecule has 3 atom stereocenters. The lowest BCUT2D eigenvalue weighted by Crippen LogP contribution is -2.49. The predicted octanol–water partition coefficient (Wildman–Crippen LogP) is 3.72. The Kier molecular flexibility index (Phi) is 4.60. The molecule has 2 saturated carbocycles. The lowest BCUT2D eigenvalue weighted by molar-refractivity contribution is 0.123. The summed E-state index contributed by atoms with van der Waals surface area (Å²) in [5.74, 6) is 2.08. The second kappa shape index (κ2) is 6.43. The Morgan fingerprint density at radius 2 is 1.92 bits per heavy atom. The maximum Gasteiger partial charge on any atom is 0.315 e. The van der Waals surface area contributed by atoms with E-state index in [-0.39, 0.29) is 17.5 Å². The average Bonchev–Trinajstić information content (AvgIpc) is 2.93. The van der Waals surface area contributed by atoms with Crippen molar-refractivity contribution in [2.24, 2.45) is 16.7 Å². The molecule has 138 valence electrons. The lowest BCUT2D eigenvalue weighted by Gasteiger charge is -2.39. The second-order valence-electron chi connectivity index (χ2n) is 8.18. The number of methoxy groups -OCH3 is 2. The number of carbonyl (C=O) groups is 1. The van der Waals surface area contributed by atoms with E-state index in [0.29, 0.717) is 29.4 Å². The number of hydrogen-bond acceptors (Lipinski definition) is 3. The van der Waals surface area contributed by atoms with Gasteiger partial charge in [0, 0.05) is 12.6 Å². The minimum Gasteiger partial charge on any atom is -0.493 e. The van der Waals surface area contributed by atoms with Crippen LogP contribution in [0.3, 0.4) is 0 Å². The molecule has 0 aromatic heterocycles. The number of nitrogens with one attached hydrogen (secondary N) is 2. The average molecular weight is 346 g/mol. The summed E-state index contributed by atoms with van der Waals surface area (Å²) in [7, 11) is 3.22. The van der Waals surface area contributed by atoms with Crippen molar-refractivity contribution in [3.05, 3.63) is 23.8 Å². The first-order valence-corrected chi connectivity index (χ1v) is 9.07. The molecule has 0 heterocycles. The monoisotopic (exact) mass is 346 g/mol. The van der Waals surface area contributed by atoms with Crippen molar-refractivity contribution in [3.63, 3.8) is 0 Å². The highest BCUT2D eigenvalue weighted by molar-refractivity contribution is 5.74. The number of amides is 2. The van der Waals surface area contributed by atoms with Crippen LogP contribution in [0.2, 0.25) is 0 Å². The maximum absolute atomic E-state index is 12.4. The highest BCUT2D eigenvalue weighted by Gasteiger charge is 2.61. The summed E-state index contributed by atoms with van der Waals surface area (Å²) >= 11 is 0. The normalized spacial score (nSPS) is 29.3. The Balaban J connectivity index is 1.58. The maximum atomic E-state index is 12.4. The van der Waals surface area contributed by atoms with Crippen molar-refractivity contribution in [1.29, 1.82) is 0 Å². The number of carbonyl (C=O) groups excluding carboxylic acids is 1. The summed E-state index contributed by atoms with van der Waals surface area (Å²) in [5, 5.41) is 6.19.